The van der Waals surface area contributed by atoms with Gasteiger partial charge in [0, 0.05) is 0 Å². The lowest BCUT2D eigenvalue weighted by Crippen LogP contribution is -2.15. The van der Waals surface area contributed by atoms with Gasteiger partial charge in [-0.25, -0.2) is 0 Å². The van der Waals surface area contributed by atoms with Crippen molar-refractivity contribution in [3.8, 4) is 0 Å². The Hall–Kier alpha value is -2.00. The van der Waals surface area contributed by atoms with Gasteiger partial charge in [0.2, 0.25) is 0 Å². The molecule has 0 saturated carbocycles. The molecular formula is C26H36O6S2. The molecule has 34 heavy (non-hydrogen) atoms. The summed E-state index contributed by atoms with van der Waals surface area (Å²) in [5, 5.41) is 0. The summed E-state index contributed by atoms with van der Waals surface area (Å²) >= 11 is 0. The van der Waals surface area contributed by atoms with Gasteiger partial charge >= 0.3 is 0 Å². The number of rotatable bonds is 16. The highest BCUT2D eigenvalue weighted by Gasteiger charge is 2.32. The van der Waals surface area contributed by atoms with Crippen LogP contribution in [0.4, 0.5) is 0 Å². The number of hydrogen-bond donors (Lipinski definition) is 1. The minimum atomic E-state index is -4.88. The topological polar surface area (TPSA) is 97.7 Å². The fraction of sp³-hybridized carbons (Fsp3) is 0.462. The Balaban J connectivity index is 2.11. The summed E-state index contributed by atoms with van der Waals surface area (Å²) < 4.78 is 66.3. The highest BCUT2D eigenvalue weighted by molar-refractivity contribution is 8.01. The lowest BCUT2D eigenvalue weighted by atomic mass is 10.1. The van der Waals surface area contributed by atoms with Gasteiger partial charge in [0.15, 0.2) is 0 Å². The zero-order valence-electron chi connectivity index (χ0n) is 19.9. The number of unbranched alkanes of at least 4 members (excludes halogenated alkanes) is 9. The third-order valence-corrected chi connectivity index (χ3v) is 8.02. The fourth-order valence-corrected chi connectivity index (χ4v) is 6.42. The van der Waals surface area contributed by atoms with E-state index >= 15 is 0 Å². The molecule has 2 rings (SSSR count). The second-order valence-corrected chi connectivity index (χ2v) is 11.2. The Bertz CT molecular complexity index is 1090. The van der Waals surface area contributed by atoms with E-state index in [0.29, 0.717) is 6.42 Å². The minimum Gasteiger partial charge on any atom is -0.282 e. The average molecular weight is 509 g/mol. The van der Waals surface area contributed by atoms with Crippen molar-refractivity contribution in [3.63, 3.8) is 0 Å². The largest absolute Gasteiger partial charge is 0.299 e. The van der Waals surface area contributed by atoms with Crippen LogP contribution in [0, 0.1) is 0 Å². The van der Waals surface area contributed by atoms with Crippen LogP contribution in [0.5, 0.6) is 0 Å². The summed E-state index contributed by atoms with van der Waals surface area (Å²) in [6.45, 7) is 2.15. The SMILES string of the molecule is CCCCCCCCCCCCOS(=O)(=O)C(=C(c1ccccc1)S(=O)(=O)O)c1ccccc1. The molecule has 8 heteroatoms. The molecule has 0 aliphatic heterocycles. The zero-order chi connectivity index (χ0) is 24.9. The van der Waals surface area contributed by atoms with Crippen LogP contribution in [0.15, 0.2) is 60.7 Å². The van der Waals surface area contributed by atoms with Gasteiger partial charge in [-0.05, 0) is 17.5 Å². The van der Waals surface area contributed by atoms with Crippen molar-refractivity contribution in [2.45, 2.75) is 71.1 Å². The molecule has 0 unspecified atom stereocenters. The molecule has 0 aliphatic rings. The Morgan fingerprint density at radius 2 is 1.06 bits per heavy atom. The number of hydrogen-bond acceptors (Lipinski definition) is 5. The molecule has 0 aliphatic carbocycles. The molecule has 0 saturated heterocycles. The van der Waals surface area contributed by atoms with Crippen LogP contribution in [-0.4, -0.2) is 28.0 Å². The normalized spacial score (nSPS) is 13.0. The molecule has 0 radical (unpaired) electrons. The second-order valence-electron chi connectivity index (χ2n) is 8.32. The summed E-state index contributed by atoms with van der Waals surface area (Å²) in [7, 11) is -9.36. The van der Waals surface area contributed by atoms with Gasteiger partial charge in [0.05, 0.1) is 6.61 Å². The van der Waals surface area contributed by atoms with Gasteiger partial charge < -0.3 is 0 Å². The second kappa shape index (κ2) is 14.4. The molecule has 2 aromatic carbocycles. The van der Waals surface area contributed by atoms with E-state index in [4.69, 9.17) is 4.18 Å². The van der Waals surface area contributed by atoms with Crippen molar-refractivity contribution >= 4 is 30.0 Å². The van der Waals surface area contributed by atoms with Crippen molar-refractivity contribution in [2.75, 3.05) is 6.61 Å². The van der Waals surface area contributed by atoms with E-state index < -0.39 is 30.0 Å². The van der Waals surface area contributed by atoms with Crippen LogP contribution in [0.1, 0.15) is 82.3 Å². The van der Waals surface area contributed by atoms with Crippen LogP contribution in [-0.2, 0) is 24.4 Å². The summed E-state index contributed by atoms with van der Waals surface area (Å²) in [4.78, 5) is -1.25. The Morgan fingerprint density at radius 1 is 0.647 bits per heavy atom. The Kier molecular flexibility index (Phi) is 12.0. The highest BCUT2D eigenvalue weighted by atomic mass is 32.2. The maximum atomic E-state index is 13.2. The molecule has 2 aromatic rings. The van der Waals surface area contributed by atoms with Crippen molar-refractivity contribution in [3.05, 3.63) is 71.8 Å². The van der Waals surface area contributed by atoms with Gasteiger partial charge in [-0.3, -0.25) is 8.74 Å². The molecule has 0 bridgehead atoms. The maximum absolute atomic E-state index is 13.2. The van der Waals surface area contributed by atoms with Crippen LogP contribution in [0.3, 0.4) is 0 Å². The maximum Gasteiger partial charge on any atom is 0.299 e. The lowest BCUT2D eigenvalue weighted by molar-refractivity contribution is 0.312. The van der Waals surface area contributed by atoms with Gasteiger partial charge in [0.25, 0.3) is 20.2 Å². The summed E-state index contributed by atoms with van der Waals surface area (Å²) in [6, 6.07) is 15.5. The van der Waals surface area contributed by atoms with Crippen molar-refractivity contribution in [2.24, 2.45) is 0 Å². The van der Waals surface area contributed by atoms with Crippen molar-refractivity contribution in [1.82, 2.24) is 0 Å². The van der Waals surface area contributed by atoms with E-state index in [-0.39, 0.29) is 17.7 Å². The average Bonchev–Trinajstić information content (AvgIpc) is 2.81. The molecular weight excluding hydrogens is 472 g/mol. The standard InChI is InChI=1S/C26H36O6S2/c1-2-3-4-5-6-7-8-9-10-17-22-32-34(30,31)26(24-20-15-12-16-21-24)25(33(27,28)29)23-18-13-11-14-19-23/h11-16,18-21H,2-10,17,22H2,1H3,(H,27,28,29). The fourth-order valence-electron chi connectivity index (χ4n) is 3.78. The molecule has 0 aromatic heterocycles. The molecule has 6 nitrogen and oxygen atoms in total. The predicted molar refractivity (Wildman–Crippen MR) is 138 cm³/mol. The smallest absolute Gasteiger partial charge is 0.282 e. The highest BCUT2D eigenvalue weighted by Crippen LogP contribution is 2.35. The Labute approximate surface area is 204 Å². The van der Waals surface area contributed by atoms with Crippen molar-refractivity contribution < 1.29 is 25.6 Å². The quantitative estimate of drug-likeness (QED) is 0.118. The Morgan fingerprint density at radius 3 is 1.50 bits per heavy atom. The molecule has 0 atom stereocenters. The van der Waals surface area contributed by atoms with E-state index in [1.54, 1.807) is 36.4 Å². The third kappa shape index (κ3) is 9.33. The molecule has 0 fully saturated rings. The molecule has 0 amide bonds. The first-order chi connectivity index (χ1) is 16.3. The van der Waals surface area contributed by atoms with Gasteiger partial charge in [0.1, 0.15) is 9.81 Å². The number of benzene rings is 2. The van der Waals surface area contributed by atoms with Crippen LogP contribution in [0.2, 0.25) is 0 Å². The van der Waals surface area contributed by atoms with E-state index in [1.807, 2.05) is 0 Å². The minimum absolute atomic E-state index is 0.0529. The van der Waals surface area contributed by atoms with Crippen LogP contribution >= 0.6 is 0 Å². The first kappa shape index (κ1) is 28.2. The van der Waals surface area contributed by atoms with Crippen molar-refractivity contribution in [1.29, 1.82) is 0 Å². The van der Waals surface area contributed by atoms with Crippen LogP contribution < -0.4 is 0 Å². The first-order valence-corrected chi connectivity index (χ1v) is 14.8. The van der Waals surface area contributed by atoms with Gasteiger partial charge in [-0.2, -0.15) is 16.8 Å². The molecule has 0 spiro atoms. The third-order valence-electron chi connectivity index (χ3n) is 5.52. The monoisotopic (exact) mass is 508 g/mol. The molecule has 0 heterocycles. The molecule has 1 N–H and O–H groups in total. The van der Waals surface area contributed by atoms with Crippen LogP contribution in [0.25, 0.3) is 9.81 Å². The zero-order valence-corrected chi connectivity index (χ0v) is 21.5. The first-order valence-electron chi connectivity index (χ1n) is 12.0. The van der Waals surface area contributed by atoms with E-state index in [9.17, 15) is 21.4 Å². The van der Waals surface area contributed by atoms with E-state index in [2.05, 4.69) is 6.92 Å². The van der Waals surface area contributed by atoms with E-state index in [0.717, 1.165) is 19.3 Å². The summed E-state index contributed by atoms with van der Waals surface area (Å²) in [5.74, 6) is 0. The van der Waals surface area contributed by atoms with Gasteiger partial charge in [-0.1, -0.05) is 125 Å². The van der Waals surface area contributed by atoms with Gasteiger partial charge in [-0.15, -0.1) is 0 Å². The predicted octanol–water partition coefficient (Wildman–Crippen LogP) is 6.67. The van der Waals surface area contributed by atoms with E-state index in [1.165, 1.54) is 62.8 Å². The summed E-state index contributed by atoms with van der Waals surface area (Å²) in [6.07, 6.45) is 11.0. The summed E-state index contributed by atoms with van der Waals surface area (Å²) in [5.41, 5.74) is 0.192. The lowest BCUT2D eigenvalue weighted by Gasteiger charge is -2.15. The molecule has 188 valence electrons.